The fraction of sp³-hybridized carbons (Fsp3) is 0.818. The molecule has 0 radical (unpaired) electrons. The van der Waals surface area contributed by atoms with Crippen molar-refractivity contribution >= 4 is 34.8 Å². The van der Waals surface area contributed by atoms with E-state index in [9.17, 15) is 0 Å². The number of nitrogens with zero attached hydrogens (tertiary/aromatic N) is 2. The molecule has 0 aromatic carbocycles. The normalized spacial score (nSPS) is 30.5. The molecule has 96 valence electrons. The molecule has 6 heteroatoms. The van der Waals surface area contributed by atoms with Gasteiger partial charge < -0.3 is 4.42 Å². The minimum atomic E-state index is -1.63. The Morgan fingerprint density at radius 1 is 1.06 bits per heavy atom. The molecule has 1 aliphatic carbocycles. The van der Waals surface area contributed by atoms with E-state index in [4.69, 9.17) is 39.2 Å². The first-order chi connectivity index (χ1) is 7.86. The molecule has 0 aliphatic heterocycles. The van der Waals surface area contributed by atoms with Crippen molar-refractivity contribution in [2.24, 2.45) is 11.8 Å². The van der Waals surface area contributed by atoms with E-state index in [1.165, 1.54) is 6.42 Å². The molecule has 3 nitrogen and oxygen atoms in total. The van der Waals surface area contributed by atoms with Gasteiger partial charge in [0.15, 0.2) is 0 Å². The van der Waals surface area contributed by atoms with Gasteiger partial charge in [0.2, 0.25) is 5.89 Å². The van der Waals surface area contributed by atoms with E-state index in [0.717, 1.165) is 12.8 Å². The van der Waals surface area contributed by atoms with E-state index in [0.29, 0.717) is 23.6 Å². The second-order valence-electron chi connectivity index (χ2n) is 5.06. The van der Waals surface area contributed by atoms with Crippen LogP contribution in [0.15, 0.2) is 4.42 Å². The van der Waals surface area contributed by atoms with Crippen LogP contribution in [0.5, 0.6) is 0 Å². The molecule has 0 saturated heterocycles. The molecule has 0 amide bonds. The standard InChI is InChI=1S/C11H15Cl3N2O/c1-6-3-7(2)5-8(4-6)9-15-16-10(17-9)11(12,13)14/h6-8H,3-5H2,1-2H3. The largest absolute Gasteiger partial charge is 0.421 e. The maximum absolute atomic E-state index is 5.70. The van der Waals surface area contributed by atoms with E-state index in [-0.39, 0.29) is 5.89 Å². The summed E-state index contributed by atoms with van der Waals surface area (Å²) in [5, 5.41) is 7.81. The molecule has 1 aromatic heterocycles. The lowest BCUT2D eigenvalue weighted by Crippen LogP contribution is -2.18. The highest BCUT2D eigenvalue weighted by Crippen LogP contribution is 2.41. The van der Waals surface area contributed by atoms with Gasteiger partial charge in [-0.1, -0.05) is 48.7 Å². The summed E-state index contributed by atoms with van der Waals surface area (Å²) < 4.78 is 3.84. The fourth-order valence-corrected chi connectivity index (χ4v) is 2.89. The lowest BCUT2D eigenvalue weighted by atomic mass is 9.77. The predicted molar refractivity (Wildman–Crippen MR) is 68.5 cm³/mol. The van der Waals surface area contributed by atoms with Gasteiger partial charge >= 0.3 is 0 Å². The monoisotopic (exact) mass is 296 g/mol. The molecule has 17 heavy (non-hydrogen) atoms. The van der Waals surface area contributed by atoms with Crippen molar-refractivity contribution in [3.8, 4) is 0 Å². The van der Waals surface area contributed by atoms with Crippen molar-refractivity contribution in [2.45, 2.75) is 42.8 Å². The summed E-state index contributed by atoms with van der Waals surface area (Å²) >= 11 is 17.1. The van der Waals surface area contributed by atoms with Crippen molar-refractivity contribution in [1.82, 2.24) is 10.2 Å². The van der Waals surface area contributed by atoms with E-state index in [1.807, 2.05) is 0 Å². The molecular formula is C11H15Cl3N2O. The lowest BCUT2D eigenvalue weighted by molar-refractivity contribution is 0.239. The minimum absolute atomic E-state index is 0.0587. The first-order valence-corrected chi connectivity index (χ1v) is 6.90. The van der Waals surface area contributed by atoms with Crippen LogP contribution in [0.3, 0.4) is 0 Å². The summed E-state index contributed by atoms with van der Waals surface area (Å²) in [4.78, 5) is 0. The third-order valence-corrected chi connectivity index (χ3v) is 3.70. The predicted octanol–water partition coefficient (Wildman–Crippen LogP) is 4.44. The van der Waals surface area contributed by atoms with Crippen LogP contribution in [-0.4, -0.2) is 10.2 Å². The smallest absolute Gasteiger partial charge is 0.268 e. The highest BCUT2D eigenvalue weighted by Gasteiger charge is 2.33. The fourth-order valence-electron chi connectivity index (χ4n) is 2.66. The maximum atomic E-state index is 5.70. The average molecular weight is 298 g/mol. The second kappa shape index (κ2) is 4.94. The molecule has 1 aromatic rings. The Balaban J connectivity index is 2.14. The zero-order valence-corrected chi connectivity index (χ0v) is 12.1. The molecule has 0 spiro atoms. The van der Waals surface area contributed by atoms with Crippen LogP contribution in [0.1, 0.15) is 50.8 Å². The topological polar surface area (TPSA) is 38.9 Å². The number of hydrogen-bond donors (Lipinski definition) is 0. The molecule has 1 aliphatic rings. The molecule has 1 fully saturated rings. The summed E-state index contributed by atoms with van der Waals surface area (Å²) in [7, 11) is 0. The molecule has 2 unspecified atom stereocenters. The number of rotatable bonds is 1. The number of aromatic nitrogens is 2. The van der Waals surface area contributed by atoms with Crippen LogP contribution < -0.4 is 0 Å². The Morgan fingerprint density at radius 3 is 2.12 bits per heavy atom. The zero-order valence-electron chi connectivity index (χ0n) is 9.79. The average Bonchev–Trinajstić information content (AvgIpc) is 2.63. The van der Waals surface area contributed by atoms with Crippen LogP contribution in [0, 0.1) is 11.8 Å². The van der Waals surface area contributed by atoms with Gasteiger partial charge in [-0.3, -0.25) is 0 Å². The van der Waals surface area contributed by atoms with Crippen molar-refractivity contribution in [3.05, 3.63) is 11.8 Å². The van der Waals surface area contributed by atoms with Gasteiger partial charge in [0.25, 0.3) is 9.68 Å². The van der Waals surface area contributed by atoms with Gasteiger partial charge in [0, 0.05) is 5.92 Å². The van der Waals surface area contributed by atoms with Crippen LogP contribution >= 0.6 is 34.8 Å². The van der Waals surface area contributed by atoms with Gasteiger partial charge in [-0.25, -0.2) is 0 Å². The number of halogens is 3. The number of hydrogen-bond acceptors (Lipinski definition) is 3. The van der Waals surface area contributed by atoms with Crippen LogP contribution in [0.2, 0.25) is 0 Å². The quantitative estimate of drug-likeness (QED) is 0.720. The van der Waals surface area contributed by atoms with Gasteiger partial charge in [0.05, 0.1) is 0 Å². The van der Waals surface area contributed by atoms with Crippen LogP contribution in [0.4, 0.5) is 0 Å². The third-order valence-electron chi connectivity index (χ3n) is 3.21. The summed E-state index contributed by atoms with van der Waals surface area (Å²) in [6.07, 6.45) is 3.37. The lowest BCUT2D eigenvalue weighted by Gasteiger charge is -2.29. The van der Waals surface area contributed by atoms with Crippen molar-refractivity contribution in [1.29, 1.82) is 0 Å². The van der Waals surface area contributed by atoms with E-state index >= 15 is 0 Å². The Labute approximate surface area is 116 Å². The number of alkyl halides is 3. The van der Waals surface area contributed by atoms with Gasteiger partial charge in [0.1, 0.15) is 0 Å². The summed E-state index contributed by atoms with van der Waals surface area (Å²) in [6.45, 7) is 4.49. The van der Waals surface area contributed by atoms with E-state index in [2.05, 4.69) is 24.0 Å². The summed E-state index contributed by atoms with van der Waals surface area (Å²) in [5.74, 6) is 2.30. The Kier molecular flexibility index (Phi) is 3.91. The van der Waals surface area contributed by atoms with Gasteiger partial charge in [-0.15, -0.1) is 10.2 Å². The highest BCUT2D eigenvalue weighted by molar-refractivity contribution is 6.66. The summed E-state index contributed by atoms with van der Waals surface area (Å²) in [6, 6.07) is 0. The maximum Gasteiger partial charge on any atom is 0.268 e. The molecule has 2 rings (SSSR count). The van der Waals surface area contributed by atoms with E-state index in [1.54, 1.807) is 0 Å². The molecular weight excluding hydrogens is 282 g/mol. The Hall–Kier alpha value is 0.01000. The van der Waals surface area contributed by atoms with Crippen LogP contribution in [0.25, 0.3) is 0 Å². The Morgan fingerprint density at radius 2 is 1.65 bits per heavy atom. The zero-order chi connectivity index (χ0) is 12.6. The molecule has 1 heterocycles. The van der Waals surface area contributed by atoms with Crippen LogP contribution in [-0.2, 0) is 3.79 Å². The van der Waals surface area contributed by atoms with E-state index < -0.39 is 3.79 Å². The highest BCUT2D eigenvalue weighted by atomic mass is 35.6. The molecule has 0 bridgehead atoms. The first-order valence-electron chi connectivity index (χ1n) is 5.77. The van der Waals surface area contributed by atoms with Gasteiger partial charge in [-0.05, 0) is 31.1 Å². The SMILES string of the molecule is CC1CC(C)CC(c2nnc(C(Cl)(Cl)Cl)o2)C1. The second-order valence-corrected chi connectivity index (χ2v) is 7.34. The summed E-state index contributed by atoms with van der Waals surface area (Å²) in [5.41, 5.74) is 0. The molecule has 0 N–H and O–H groups in total. The minimum Gasteiger partial charge on any atom is -0.421 e. The molecule has 1 saturated carbocycles. The third kappa shape index (κ3) is 3.27. The van der Waals surface area contributed by atoms with Crippen molar-refractivity contribution < 1.29 is 4.42 Å². The van der Waals surface area contributed by atoms with Crippen molar-refractivity contribution in [3.63, 3.8) is 0 Å². The Bertz CT molecular complexity index is 378. The first kappa shape index (κ1) is 13.4. The van der Waals surface area contributed by atoms with Gasteiger partial charge in [-0.2, -0.15) is 0 Å². The van der Waals surface area contributed by atoms with Crippen molar-refractivity contribution in [2.75, 3.05) is 0 Å². The molecule has 2 atom stereocenters.